The summed E-state index contributed by atoms with van der Waals surface area (Å²) >= 11 is 0. The first-order valence-corrected chi connectivity index (χ1v) is 7.22. The van der Waals surface area contributed by atoms with E-state index in [4.69, 9.17) is 0 Å². The lowest BCUT2D eigenvalue weighted by Gasteiger charge is -2.10. The Labute approximate surface area is 153 Å². The number of amides is 1. The van der Waals surface area contributed by atoms with Gasteiger partial charge in [-0.2, -0.15) is 0 Å². The van der Waals surface area contributed by atoms with E-state index in [0.717, 1.165) is 28.4 Å². The van der Waals surface area contributed by atoms with Crippen LogP contribution in [-0.2, 0) is 0 Å². The zero-order valence-corrected chi connectivity index (χ0v) is 15.2. The van der Waals surface area contributed by atoms with E-state index in [2.05, 4.69) is 15.3 Å². The zero-order valence-electron chi connectivity index (χ0n) is 13.5. The number of benzene rings is 1. The van der Waals surface area contributed by atoms with Crippen molar-refractivity contribution in [3.63, 3.8) is 0 Å². The molecule has 3 rings (SSSR count). The standard InChI is InChI=1S/C17H18N4O.2ClH/c1-21(2)11-10-19-17(22)14-8-7-13-6-5-12-4-3-9-18-15(12)16(13)20-14;;/h3-9H,10-11H2,1-2H3,(H,19,22);2*1H. The molecule has 0 radical (unpaired) electrons. The molecule has 0 unspecified atom stereocenters. The summed E-state index contributed by atoms with van der Waals surface area (Å²) in [7, 11) is 3.94. The normalized spacial score (nSPS) is 10.3. The Morgan fingerprint density at radius 1 is 1.04 bits per heavy atom. The minimum Gasteiger partial charge on any atom is -0.349 e. The number of pyridine rings is 2. The van der Waals surface area contributed by atoms with Crippen LogP contribution in [0, 0.1) is 0 Å². The molecule has 0 saturated carbocycles. The van der Waals surface area contributed by atoms with Crippen LogP contribution in [0.3, 0.4) is 0 Å². The molecule has 0 spiro atoms. The smallest absolute Gasteiger partial charge is 0.269 e. The van der Waals surface area contributed by atoms with Gasteiger partial charge in [0.05, 0.1) is 11.0 Å². The maximum atomic E-state index is 12.2. The van der Waals surface area contributed by atoms with Crippen LogP contribution < -0.4 is 5.32 Å². The predicted molar refractivity (Wildman–Crippen MR) is 102 cm³/mol. The van der Waals surface area contributed by atoms with E-state index in [9.17, 15) is 4.79 Å². The quantitative estimate of drug-likeness (QED) is 0.721. The van der Waals surface area contributed by atoms with E-state index in [1.165, 1.54) is 0 Å². The number of carbonyl (C=O) groups is 1. The first kappa shape index (κ1) is 20.1. The van der Waals surface area contributed by atoms with Gasteiger partial charge in [0.15, 0.2) is 0 Å². The van der Waals surface area contributed by atoms with Crippen LogP contribution in [0.4, 0.5) is 0 Å². The molecule has 128 valence electrons. The molecule has 2 heterocycles. The fraction of sp³-hybridized carbons (Fsp3) is 0.235. The van der Waals surface area contributed by atoms with Crippen LogP contribution in [0.2, 0.25) is 0 Å². The lowest BCUT2D eigenvalue weighted by atomic mass is 10.1. The largest absolute Gasteiger partial charge is 0.349 e. The van der Waals surface area contributed by atoms with E-state index >= 15 is 0 Å². The highest BCUT2D eigenvalue weighted by Crippen LogP contribution is 2.21. The SMILES string of the molecule is CN(C)CCNC(=O)c1ccc2ccc3cccnc3c2n1.Cl.Cl. The van der Waals surface area contributed by atoms with Gasteiger partial charge >= 0.3 is 0 Å². The first-order valence-electron chi connectivity index (χ1n) is 7.22. The van der Waals surface area contributed by atoms with Gasteiger partial charge in [0.1, 0.15) is 5.69 Å². The summed E-state index contributed by atoms with van der Waals surface area (Å²) in [5.74, 6) is -0.156. The molecule has 0 bridgehead atoms. The van der Waals surface area contributed by atoms with Gasteiger partial charge in [-0.1, -0.05) is 24.3 Å². The molecule has 2 aromatic heterocycles. The maximum Gasteiger partial charge on any atom is 0.269 e. The average molecular weight is 367 g/mol. The number of nitrogens with zero attached hydrogens (tertiary/aromatic N) is 3. The maximum absolute atomic E-state index is 12.2. The third-order valence-corrected chi connectivity index (χ3v) is 3.51. The van der Waals surface area contributed by atoms with Crippen molar-refractivity contribution in [2.24, 2.45) is 0 Å². The summed E-state index contributed by atoms with van der Waals surface area (Å²) in [6, 6.07) is 11.6. The zero-order chi connectivity index (χ0) is 15.5. The summed E-state index contributed by atoms with van der Waals surface area (Å²) in [6.07, 6.45) is 1.74. The Bertz CT molecular complexity index is 839. The summed E-state index contributed by atoms with van der Waals surface area (Å²) in [5.41, 5.74) is 2.01. The van der Waals surface area contributed by atoms with Gasteiger partial charge in [-0.05, 0) is 26.2 Å². The number of hydrogen-bond donors (Lipinski definition) is 1. The monoisotopic (exact) mass is 366 g/mol. The number of likely N-dealkylation sites (N-methyl/N-ethyl adjacent to an activating group) is 1. The molecule has 0 atom stereocenters. The second-order valence-electron chi connectivity index (χ2n) is 5.47. The third-order valence-electron chi connectivity index (χ3n) is 3.51. The molecule has 0 aliphatic heterocycles. The number of rotatable bonds is 4. The minimum atomic E-state index is -0.156. The van der Waals surface area contributed by atoms with Crippen molar-refractivity contribution in [3.8, 4) is 0 Å². The molecule has 0 aliphatic carbocycles. The second-order valence-corrected chi connectivity index (χ2v) is 5.47. The van der Waals surface area contributed by atoms with Crippen LogP contribution in [-0.4, -0.2) is 48.0 Å². The molecule has 7 heteroatoms. The van der Waals surface area contributed by atoms with Crippen molar-refractivity contribution >= 4 is 52.5 Å². The van der Waals surface area contributed by atoms with Gasteiger partial charge in [0.25, 0.3) is 5.91 Å². The van der Waals surface area contributed by atoms with E-state index in [0.29, 0.717) is 12.2 Å². The minimum absolute atomic E-state index is 0. The van der Waals surface area contributed by atoms with E-state index in [1.807, 2.05) is 49.3 Å². The average Bonchev–Trinajstić information content (AvgIpc) is 2.53. The van der Waals surface area contributed by atoms with Crippen molar-refractivity contribution in [2.75, 3.05) is 27.2 Å². The highest BCUT2D eigenvalue weighted by atomic mass is 35.5. The van der Waals surface area contributed by atoms with Gasteiger partial charge < -0.3 is 10.2 Å². The fourth-order valence-electron chi connectivity index (χ4n) is 2.33. The molecule has 5 nitrogen and oxygen atoms in total. The van der Waals surface area contributed by atoms with Crippen LogP contribution >= 0.6 is 24.8 Å². The summed E-state index contributed by atoms with van der Waals surface area (Å²) in [5, 5.41) is 4.88. The Hall–Kier alpha value is -1.95. The van der Waals surface area contributed by atoms with Crippen molar-refractivity contribution in [1.82, 2.24) is 20.2 Å². The molecule has 1 amide bonds. The van der Waals surface area contributed by atoms with Crippen molar-refractivity contribution < 1.29 is 4.79 Å². The van der Waals surface area contributed by atoms with Crippen LogP contribution in [0.15, 0.2) is 42.6 Å². The molecule has 0 aliphatic rings. The molecule has 0 fully saturated rings. The fourth-order valence-corrected chi connectivity index (χ4v) is 2.33. The number of halogens is 2. The lowest BCUT2D eigenvalue weighted by molar-refractivity contribution is 0.0946. The molecular weight excluding hydrogens is 347 g/mol. The Morgan fingerprint density at radius 2 is 1.71 bits per heavy atom. The molecule has 1 N–H and O–H groups in total. The number of hydrogen-bond acceptors (Lipinski definition) is 4. The number of aromatic nitrogens is 2. The number of carbonyl (C=O) groups excluding carboxylic acids is 1. The number of fused-ring (bicyclic) bond motifs is 3. The molecular formula is C17H20Cl2N4O. The van der Waals surface area contributed by atoms with E-state index in [1.54, 1.807) is 12.3 Å². The Morgan fingerprint density at radius 3 is 2.42 bits per heavy atom. The Balaban J connectivity index is 0.00000144. The third kappa shape index (κ3) is 4.32. The van der Waals surface area contributed by atoms with Gasteiger partial charge in [-0.15, -0.1) is 24.8 Å². The molecule has 3 aromatic rings. The molecule has 1 aromatic carbocycles. The van der Waals surface area contributed by atoms with Gasteiger partial charge in [-0.3, -0.25) is 9.78 Å². The van der Waals surface area contributed by atoms with E-state index < -0.39 is 0 Å². The molecule has 0 saturated heterocycles. The van der Waals surface area contributed by atoms with Gasteiger partial charge in [-0.25, -0.2) is 4.98 Å². The van der Waals surface area contributed by atoms with Crippen molar-refractivity contribution in [1.29, 1.82) is 0 Å². The number of nitrogens with one attached hydrogen (secondary N) is 1. The van der Waals surface area contributed by atoms with Crippen molar-refractivity contribution in [2.45, 2.75) is 0 Å². The highest BCUT2D eigenvalue weighted by molar-refractivity contribution is 6.04. The lowest BCUT2D eigenvalue weighted by Crippen LogP contribution is -2.31. The Kier molecular flexibility index (Phi) is 7.35. The molecule has 24 heavy (non-hydrogen) atoms. The van der Waals surface area contributed by atoms with Crippen molar-refractivity contribution in [3.05, 3.63) is 48.3 Å². The highest BCUT2D eigenvalue weighted by Gasteiger charge is 2.10. The summed E-state index contributed by atoms with van der Waals surface area (Å²) < 4.78 is 0. The van der Waals surface area contributed by atoms with E-state index in [-0.39, 0.29) is 30.7 Å². The van der Waals surface area contributed by atoms with Crippen LogP contribution in [0.1, 0.15) is 10.5 Å². The van der Waals surface area contributed by atoms with Crippen LogP contribution in [0.25, 0.3) is 21.8 Å². The topological polar surface area (TPSA) is 58.1 Å². The second kappa shape index (κ2) is 8.78. The first-order chi connectivity index (χ1) is 10.6. The van der Waals surface area contributed by atoms with Gasteiger partial charge in [0, 0.05) is 30.1 Å². The van der Waals surface area contributed by atoms with Crippen LogP contribution in [0.5, 0.6) is 0 Å². The predicted octanol–water partition coefficient (Wildman–Crippen LogP) is 2.92. The van der Waals surface area contributed by atoms with Gasteiger partial charge in [0.2, 0.25) is 0 Å². The summed E-state index contributed by atoms with van der Waals surface area (Å²) in [4.78, 5) is 23.1. The summed E-state index contributed by atoms with van der Waals surface area (Å²) in [6.45, 7) is 1.39.